The summed E-state index contributed by atoms with van der Waals surface area (Å²) in [6.07, 6.45) is 5.61. The zero-order valence-corrected chi connectivity index (χ0v) is 19.1. The Hall–Kier alpha value is -1.40. The van der Waals surface area contributed by atoms with Crippen LogP contribution in [-0.2, 0) is 17.3 Å². The second-order valence-corrected chi connectivity index (χ2v) is 10.6. The lowest BCUT2D eigenvalue weighted by molar-refractivity contribution is 0.255. The summed E-state index contributed by atoms with van der Waals surface area (Å²) in [6.45, 7) is 7.47. The Balaban J connectivity index is 1.44. The first kappa shape index (κ1) is 22.3. The summed E-state index contributed by atoms with van der Waals surface area (Å²) < 4.78 is 12.2. The zero-order valence-electron chi connectivity index (χ0n) is 18.3. The minimum Gasteiger partial charge on any atom is -0.356 e. The third-order valence-electron chi connectivity index (χ3n) is 6.42. The summed E-state index contributed by atoms with van der Waals surface area (Å²) in [6, 6.07) is 11.7. The number of nitrogens with zero attached hydrogens (tertiary/aromatic N) is 2. The van der Waals surface area contributed by atoms with Gasteiger partial charge in [0.15, 0.2) is 5.96 Å². The van der Waals surface area contributed by atoms with E-state index in [1.165, 1.54) is 12.0 Å². The second-order valence-electron chi connectivity index (χ2n) is 8.62. The first-order valence-electron chi connectivity index (χ1n) is 11.2. The van der Waals surface area contributed by atoms with Crippen LogP contribution >= 0.6 is 0 Å². The standard InChI is InChI=1S/C23H38N4OS/c1-4-29(28)22-12-8-11-21(14-22)26-23(24-3)25-15-20-13-18(2)27(17-20)16-19-9-6-5-7-10-19/h5-7,9-10,18,20-22H,4,8,11-17H2,1-3H3,(H2,24,25,26). The molecular formula is C23H38N4OS. The van der Waals surface area contributed by atoms with Gasteiger partial charge in [0.1, 0.15) is 0 Å². The van der Waals surface area contributed by atoms with Crippen molar-refractivity contribution in [3.8, 4) is 0 Å². The van der Waals surface area contributed by atoms with Crippen molar-refractivity contribution < 1.29 is 4.21 Å². The van der Waals surface area contributed by atoms with Gasteiger partial charge in [-0.3, -0.25) is 14.1 Å². The van der Waals surface area contributed by atoms with Crippen molar-refractivity contribution in [1.29, 1.82) is 0 Å². The van der Waals surface area contributed by atoms with Gasteiger partial charge in [-0.15, -0.1) is 0 Å². The summed E-state index contributed by atoms with van der Waals surface area (Å²) in [7, 11) is 1.16. The van der Waals surface area contributed by atoms with E-state index in [2.05, 4.69) is 57.8 Å². The fourth-order valence-electron chi connectivity index (χ4n) is 4.78. The fraction of sp³-hybridized carbons (Fsp3) is 0.696. The van der Waals surface area contributed by atoms with Crippen molar-refractivity contribution in [2.24, 2.45) is 10.9 Å². The minimum absolute atomic E-state index is 0.339. The third kappa shape index (κ3) is 6.54. The molecule has 29 heavy (non-hydrogen) atoms. The molecule has 2 aliphatic rings. The van der Waals surface area contributed by atoms with E-state index in [9.17, 15) is 4.21 Å². The molecule has 1 aromatic carbocycles. The fourth-order valence-corrected chi connectivity index (χ4v) is 6.13. The van der Waals surface area contributed by atoms with Crippen molar-refractivity contribution in [3.05, 3.63) is 35.9 Å². The lowest BCUT2D eigenvalue weighted by Crippen LogP contribution is -2.47. The van der Waals surface area contributed by atoms with Gasteiger partial charge < -0.3 is 10.6 Å². The Morgan fingerprint density at radius 3 is 2.76 bits per heavy atom. The van der Waals surface area contributed by atoms with Crippen LogP contribution in [0.5, 0.6) is 0 Å². The van der Waals surface area contributed by atoms with Gasteiger partial charge in [0, 0.05) is 60.6 Å². The largest absolute Gasteiger partial charge is 0.356 e. The molecule has 0 aromatic heterocycles. The summed E-state index contributed by atoms with van der Waals surface area (Å²) in [5.74, 6) is 2.30. The molecule has 1 aliphatic heterocycles. The van der Waals surface area contributed by atoms with Gasteiger partial charge in [-0.25, -0.2) is 0 Å². The lowest BCUT2D eigenvalue weighted by Gasteiger charge is -2.30. The molecule has 162 valence electrons. The topological polar surface area (TPSA) is 56.7 Å². The van der Waals surface area contributed by atoms with Crippen LogP contribution in [0, 0.1) is 5.92 Å². The molecule has 0 bridgehead atoms. The Bertz CT molecular complexity index is 681. The average Bonchev–Trinajstić information content (AvgIpc) is 3.10. The highest BCUT2D eigenvalue weighted by atomic mass is 32.2. The predicted octanol–water partition coefficient (Wildman–Crippen LogP) is 3.14. The van der Waals surface area contributed by atoms with Crippen LogP contribution in [0.1, 0.15) is 51.5 Å². The van der Waals surface area contributed by atoms with Gasteiger partial charge in [0.2, 0.25) is 0 Å². The van der Waals surface area contributed by atoms with E-state index in [0.717, 1.165) is 57.0 Å². The quantitative estimate of drug-likeness (QED) is 0.528. The van der Waals surface area contributed by atoms with E-state index in [1.807, 2.05) is 14.0 Å². The number of likely N-dealkylation sites (tertiary alicyclic amines) is 1. The Morgan fingerprint density at radius 2 is 2.03 bits per heavy atom. The summed E-state index contributed by atoms with van der Waals surface area (Å²) in [4.78, 5) is 7.03. The van der Waals surface area contributed by atoms with E-state index in [4.69, 9.17) is 0 Å². The summed E-state index contributed by atoms with van der Waals surface area (Å²) in [5.41, 5.74) is 1.39. The highest BCUT2D eigenvalue weighted by Gasteiger charge is 2.29. The lowest BCUT2D eigenvalue weighted by atomic mass is 9.95. The maximum atomic E-state index is 12.2. The molecule has 6 heteroatoms. The predicted molar refractivity (Wildman–Crippen MR) is 124 cm³/mol. The number of rotatable bonds is 7. The number of hydrogen-bond acceptors (Lipinski definition) is 3. The summed E-state index contributed by atoms with van der Waals surface area (Å²) in [5, 5.41) is 7.49. The van der Waals surface area contributed by atoms with Gasteiger partial charge in [-0.1, -0.05) is 43.7 Å². The van der Waals surface area contributed by atoms with Gasteiger partial charge >= 0.3 is 0 Å². The van der Waals surface area contributed by atoms with Crippen molar-refractivity contribution in [2.75, 3.05) is 25.9 Å². The molecule has 5 unspecified atom stereocenters. The van der Waals surface area contributed by atoms with Crippen molar-refractivity contribution in [1.82, 2.24) is 15.5 Å². The smallest absolute Gasteiger partial charge is 0.191 e. The van der Waals surface area contributed by atoms with E-state index in [1.54, 1.807) is 0 Å². The van der Waals surface area contributed by atoms with E-state index >= 15 is 0 Å². The monoisotopic (exact) mass is 418 g/mol. The molecule has 1 saturated carbocycles. The Labute approximate surface area is 179 Å². The first-order chi connectivity index (χ1) is 14.1. The van der Waals surface area contributed by atoms with Gasteiger partial charge in [0.05, 0.1) is 0 Å². The average molecular weight is 419 g/mol. The van der Waals surface area contributed by atoms with Crippen LogP contribution in [0.15, 0.2) is 35.3 Å². The molecule has 2 fully saturated rings. The normalized spacial score (nSPS) is 29.6. The molecule has 1 heterocycles. The SMILES string of the molecule is CCS(=O)C1CCCC(NC(=NC)NCC2CC(C)N(Cc3ccccc3)C2)C1. The number of benzene rings is 1. The zero-order chi connectivity index (χ0) is 20.6. The van der Waals surface area contributed by atoms with Crippen LogP contribution in [0.3, 0.4) is 0 Å². The third-order valence-corrected chi connectivity index (χ3v) is 8.16. The first-order valence-corrected chi connectivity index (χ1v) is 12.6. The Morgan fingerprint density at radius 1 is 1.24 bits per heavy atom. The number of guanidine groups is 1. The van der Waals surface area contributed by atoms with E-state index in [0.29, 0.717) is 23.3 Å². The molecule has 0 radical (unpaired) electrons. The van der Waals surface area contributed by atoms with Crippen LogP contribution in [0.4, 0.5) is 0 Å². The minimum atomic E-state index is -0.687. The number of nitrogens with one attached hydrogen (secondary N) is 2. The molecule has 3 rings (SSSR count). The highest BCUT2D eigenvalue weighted by Crippen LogP contribution is 2.25. The van der Waals surface area contributed by atoms with E-state index < -0.39 is 10.8 Å². The highest BCUT2D eigenvalue weighted by molar-refractivity contribution is 7.85. The molecule has 0 spiro atoms. The molecule has 5 nitrogen and oxygen atoms in total. The number of aliphatic imine (C=N–C) groups is 1. The maximum Gasteiger partial charge on any atom is 0.191 e. The molecule has 0 amide bonds. The maximum absolute atomic E-state index is 12.2. The molecule has 5 atom stereocenters. The van der Waals surface area contributed by atoms with Crippen molar-refractivity contribution >= 4 is 16.8 Å². The van der Waals surface area contributed by atoms with Crippen LogP contribution in [0.2, 0.25) is 0 Å². The van der Waals surface area contributed by atoms with Gasteiger partial charge in [0.25, 0.3) is 0 Å². The number of hydrogen-bond donors (Lipinski definition) is 2. The van der Waals surface area contributed by atoms with Gasteiger partial charge in [-0.2, -0.15) is 0 Å². The van der Waals surface area contributed by atoms with Crippen LogP contribution < -0.4 is 10.6 Å². The van der Waals surface area contributed by atoms with Crippen LogP contribution in [0.25, 0.3) is 0 Å². The van der Waals surface area contributed by atoms with Crippen LogP contribution in [-0.4, -0.2) is 58.3 Å². The van der Waals surface area contributed by atoms with Crippen molar-refractivity contribution in [3.63, 3.8) is 0 Å². The molecular weight excluding hydrogens is 380 g/mol. The summed E-state index contributed by atoms with van der Waals surface area (Å²) >= 11 is 0. The van der Waals surface area contributed by atoms with Gasteiger partial charge in [-0.05, 0) is 44.1 Å². The van der Waals surface area contributed by atoms with E-state index in [-0.39, 0.29) is 0 Å². The molecule has 1 saturated heterocycles. The molecule has 2 N–H and O–H groups in total. The second kappa shape index (κ2) is 11.1. The Kier molecular flexibility index (Phi) is 8.54. The molecule has 1 aliphatic carbocycles. The molecule has 1 aromatic rings. The van der Waals surface area contributed by atoms with Crippen molar-refractivity contribution in [2.45, 2.75) is 69.8 Å².